The molecule has 2 bridgehead atoms. The molecule has 6 heteroatoms. The number of hydrogen-bond donors (Lipinski definition) is 0. The van der Waals surface area contributed by atoms with Crippen LogP contribution in [-0.4, -0.2) is 27.9 Å². The molecule has 1 aromatic rings. The SMILES string of the molecule is O=C(c1ccc(C(F)(F)F)nc1)N1C2CCC1CC(=C1CCC1)C2. The highest BCUT2D eigenvalue weighted by molar-refractivity contribution is 5.94. The summed E-state index contributed by atoms with van der Waals surface area (Å²) < 4.78 is 37.8. The number of amides is 1. The van der Waals surface area contributed by atoms with E-state index < -0.39 is 11.9 Å². The molecule has 2 unspecified atom stereocenters. The highest BCUT2D eigenvalue weighted by Gasteiger charge is 2.42. The summed E-state index contributed by atoms with van der Waals surface area (Å²) in [5.74, 6) is -0.179. The summed E-state index contributed by atoms with van der Waals surface area (Å²) in [6.45, 7) is 0. The van der Waals surface area contributed by atoms with Gasteiger partial charge < -0.3 is 4.90 Å². The van der Waals surface area contributed by atoms with Gasteiger partial charge in [-0.1, -0.05) is 11.1 Å². The molecule has 24 heavy (non-hydrogen) atoms. The van der Waals surface area contributed by atoms with E-state index in [0.29, 0.717) is 0 Å². The fourth-order valence-electron chi connectivity index (χ4n) is 4.18. The zero-order valence-corrected chi connectivity index (χ0v) is 13.3. The van der Waals surface area contributed by atoms with Crippen molar-refractivity contribution in [2.45, 2.75) is 63.2 Å². The minimum atomic E-state index is -4.48. The zero-order valence-electron chi connectivity index (χ0n) is 13.3. The molecule has 2 saturated heterocycles. The Hall–Kier alpha value is -1.85. The molecule has 1 amide bonds. The summed E-state index contributed by atoms with van der Waals surface area (Å²) in [6, 6.07) is 2.53. The lowest BCUT2D eigenvalue weighted by Gasteiger charge is -2.38. The molecule has 3 heterocycles. The number of nitrogens with zero attached hydrogens (tertiary/aromatic N) is 2. The predicted octanol–water partition coefficient (Wildman–Crippen LogP) is 4.35. The number of aromatic nitrogens is 1. The summed E-state index contributed by atoms with van der Waals surface area (Å²) in [5, 5.41) is 0. The van der Waals surface area contributed by atoms with Crippen LogP contribution in [-0.2, 0) is 6.18 Å². The molecular weight excluding hydrogens is 317 g/mol. The molecule has 3 aliphatic rings. The third-order valence-corrected chi connectivity index (χ3v) is 5.58. The lowest BCUT2D eigenvalue weighted by atomic mass is 9.82. The predicted molar refractivity (Wildman–Crippen MR) is 82.3 cm³/mol. The van der Waals surface area contributed by atoms with Gasteiger partial charge in [-0.15, -0.1) is 0 Å². The second-order valence-corrected chi connectivity index (χ2v) is 7.00. The quantitative estimate of drug-likeness (QED) is 0.715. The van der Waals surface area contributed by atoms with Crippen molar-refractivity contribution in [3.8, 4) is 0 Å². The molecule has 4 rings (SSSR count). The van der Waals surface area contributed by atoms with E-state index >= 15 is 0 Å². The Labute approximate surface area is 138 Å². The van der Waals surface area contributed by atoms with Gasteiger partial charge in [-0.3, -0.25) is 9.78 Å². The number of rotatable bonds is 1. The third kappa shape index (κ3) is 2.62. The first-order valence-electron chi connectivity index (χ1n) is 8.49. The fraction of sp³-hybridized carbons (Fsp3) is 0.556. The monoisotopic (exact) mass is 336 g/mol. The smallest absolute Gasteiger partial charge is 0.332 e. The van der Waals surface area contributed by atoms with Crippen molar-refractivity contribution in [3.63, 3.8) is 0 Å². The summed E-state index contributed by atoms with van der Waals surface area (Å²) in [7, 11) is 0. The molecule has 0 N–H and O–H groups in total. The van der Waals surface area contributed by atoms with Crippen molar-refractivity contribution in [3.05, 3.63) is 40.7 Å². The van der Waals surface area contributed by atoms with Crippen molar-refractivity contribution < 1.29 is 18.0 Å². The number of hydrogen-bond acceptors (Lipinski definition) is 2. The van der Waals surface area contributed by atoms with Crippen molar-refractivity contribution in [2.75, 3.05) is 0 Å². The molecule has 1 aliphatic carbocycles. The van der Waals surface area contributed by atoms with Gasteiger partial charge in [0.1, 0.15) is 5.69 Å². The molecule has 128 valence electrons. The van der Waals surface area contributed by atoms with Crippen molar-refractivity contribution in [1.29, 1.82) is 0 Å². The highest BCUT2D eigenvalue weighted by atomic mass is 19.4. The fourth-order valence-corrected chi connectivity index (χ4v) is 4.18. The van der Waals surface area contributed by atoms with Crippen LogP contribution in [0.5, 0.6) is 0 Å². The van der Waals surface area contributed by atoms with Crippen LogP contribution >= 0.6 is 0 Å². The molecule has 2 aliphatic heterocycles. The second-order valence-electron chi connectivity index (χ2n) is 7.00. The number of pyridine rings is 1. The van der Waals surface area contributed by atoms with E-state index in [-0.39, 0.29) is 23.6 Å². The highest BCUT2D eigenvalue weighted by Crippen LogP contribution is 2.43. The molecular formula is C18H19F3N2O. The van der Waals surface area contributed by atoms with Crippen LogP contribution in [0.25, 0.3) is 0 Å². The Morgan fingerprint density at radius 1 is 1.08 bits per heavy atom. The summed E-state index contributed by atoms with van der Waals surface area (Å²) in [5.41, 5.74) is 2.40. The number of halogens is 3. The van der Waals surface area contributed by atoms with Gasteiger partial charge >= 0.3 is 6.18 Å². The molecule has 3 nitrogen and oxygen atoms in total. The normalized spacial score (nSPS) is 26.5. The van der Waals surface area contributed by atoms with E-state index in [1.54, 1.807) is 5.57 Å². The maximum Gasteiger partial charge on any atom is 0.433 e. The van der Waals surface area contributed by atoms with Gasteiger partial charge in [0.15, 0.2) is 0 Å². The first-order valence-corrected chi connectivity index (χ1v) is 8.49. The van der Waals surface area contributed by atoms with Gasteiger partial charge in [-0.25, -0.2) is 0 Å². The van der Waals surface area contributed by atoms with E-state index in [2.05, 4.69) is 4.98 Å². The van der Waals surface area contributed by atoms with E-state index in [9.17, 15) is 18.0 Å². The Morgan fingerprint density at radius 3 is 2.21 bits per heavy atom. The topological polar surface area (TPSA) is 33.2 Å². The molecule has 0 radical (unpaired) electrons. The van der Waals surface area contributed by atoms with Crippen molar-refractivity contribution >= 4 is 5.91 Å². The Morgan fingerprint density at radius 2 is 1.75 bits per heavy atom. The van der Waals surface area contributed by atoms with Crippen LogP contribution in [0.4, 0.5) is 13.2 Å². The lowest BCUT2D eigenvalue weighted by Crippen LogP contribution is -2.45. The molecule has 3 fully saturated rings. The summed E-state index contributed by atoms with van der Waals surface area (Å²) in [4.78, 5) is 18.1. The standard InChI is InChI=1S/C18H19F3N2O/c19-18(20,21)16-7-4-12(10-22-16)17(24)23-14-5-6-15(23)9-13(8-14)11-2-1-3-11/h4,7,10,14-15H,1-3,5-6,8-9H2. The Kier molecular flexibility index (Phi) is 3.66. The Bertz CT molecular complexity index is 671. The first kappa shape index (κ1) is 15.7. The summed E-state index contributed by atoms with van der Waals surface area (Å²) in [6.07, 6.45) is 4.10. The van der Waals surface area contributed by atoms with Crippen molar-refractivity contribution in [2.24, 2.45) is 0 Å². The minimum Gasteiger partial charge on any atom is -0.332 e. The average Bonchev–Trinajstić information content (AvgIpc) is 2.75. The van der Waals surface area contributed by atoms with Gasteiger partial charge in [0.2, 0.25) is 0 Å². The molecule has 2 atom stereocenters. The van der Waals surface area contributed by atoms with E-state index in [1.165, 1.54) is 30.9 Å². The summed E-state index contributed by atoms with van der Waals surface area (Å²) >= 11 is 0. The number of allylic oxidation sites excluding steroid dienone is 1. The van der Waals surface area contributed by atoms with Gasteiger partial charge in [-0.2, -0.15) is 13.2 Å². The van der Waals surface area contributed by atoms with Gasteiger partial charge in [-0.05, 0) is 57.1 Å². The van der Waals surface area contributed by atoms with Crippen molar-refractivity contribution in [1.82, 2.24) is 9.88 Å². The molecule has 1 saturated carbocycles. The number of carbonyl (C=O) groups excluding carboxylic acids is 1. The Balaban J connectivity index is 1.53. The number of carbonyl (C=O) groups is 1. The maximum atomic E-state index is 12.8. The van der Waals surface area contributed by atoms with E-state index in [4.69, 9.17) is 0 Å². The number of alkyl halides is 3. The van der Waals surface area contributed by atoms with Crippen LogP contribution in [0.2, 0.25) is 0 Å². The van der Waals surface area contributed by atoms with Gasteiger partial charge in [0.25, 0.3) is 5.91 Å². The minimum absolute atomic E-state index is 0.179. The number of piperidine rings is 1. The van der Waals surface area contributed by atoms with Crippen LogP contribution in [0.3, 0.4) is 0 Å². The van der Waals surface area contributed by atoms with Crippen LogP contribution in [0.1, 0.15) is 61.0 Å². The van der Waals surface area contributed by atoms with Gasteiger partial charge in [0, 0.05) is 18.3 Å². The van der Waals surface area contributed by atoms with E-state index in [0.717, 1.165) is 37.9 Å². The maximum absolute atomic E-state index is 12.8. The van der Waals surface area contributed by atoms with E-state index in [1.807, 2.05) is 4.90 Å². The molecule has 1 aromatic heterocycles. The van der Waals surface area contributed by atoms with Crippen LogP contribution in [0.15, 0.2) is 29.5 Å². The first-order chi connectivity index (χ1) is 11.4. The third-order valence-electron chi connectivity index (χ3n) is 5.58. The van der Waals surface area contributed by atoms with Crippen LogP contribution < -0.4 is 0 Å². The zero-order chi connectivity index (χ0) is 16.9. The average molecular weight is 336 g/mol. The second kappa shape index (κ2) is 5.60. The van der Waals surface area contributed by atoms with Gasteiger partial charge in [0.05, 0.1) is 5.56 Å². The lowest BCUT2D eigenvalue weighted by molar-refractivity contribution is -0.141. The largest absolute Gasteiger partial charge is 0.433 e. The molecule has 0 aromatic carbocycles. The molecule has 0 spiro atoms. The number of fused-ring (bicyclic) bond motifs is 2. The van der Waals surface area contributed by atoms with Crippen LogP contribution in [0, 0.1) is 0 Å².